The van der Waals surface area contributed by atoms with Crippen LogP contribution in [0.25, 0.3) is 0 Å². The van der Waals surface area contributed by atoms with Gasteiger partial charge in [-0.15, -0.1) is 0 Å². The fraction of sp³-hybridized carbons (Fsp3) is 0.619. The van der Waals surface area contributed by atoms with Crippen molar-refractivity contribution in [1.82, 2.24) is 25.3 Å². The van der Waals surface area contributed by atoms with Crippen LogP contribution in [0.3, 0.4) is 0 Å². The molecule has 29 heavy (non-hydrogen) atoms. The van der Waals surface area contributed by atoms with E-state index in [4.69, 9.17) is 9.26 Å². The highest BCUT2D eigenvalue weighted by atomic mass is 16.5. The fourth-order valence-corrected chi connectivity index (χ4v) is 4.03. The summed E-state index contributed by atoms with van der Waals surface area (Å²) < 4.78 is 10.9. The first-order chi connectivity index (χ1) is 14.2. The van der Waals surface area contributed by atoms with Crippen molar-refractivity contribution in [3.05, 3.63) is 41.3 Å². The number of aromatic nitrogens is 3. The molecule has 2 aromatic rings. The Morgan fingerprint density at radius 3 is 2.79 bits per heavy atom. The van der Waals surface area contributed by atoms with E-state index in [9.17, 15) is 4.79 Å². The van der Waals surface area contributed by atoms with Crippen LogP contribution >= 0.6 is 0 Å². The molecule has 0 atom stereocenters. The minimum Gasteiger partial charge on any atom is -0.381 e. The number of pyridine rings is 1. The summed E-state index contributed by atoms with van der Waals surface area (Å²) in [6.45, 7) is 5.52. The average molecular weight is 399 g/mol. The molecule has 2 fully saturated rings. The molecule has 0 radical (unpaired) electrons. The maximum absolute atomic E-state index is 12.4. The molecule has 0 aromatic carbocycles. The molecule has 156 valence electrons. The molecule has 0 spiro atoms. The predicted octanol–water partition coefficient (Wildman–Crippen LogP) is 2.83. The molecule has 2 amide bonds. The Bertz CT molecular complexity index is 810. The minimum atomic E-state index is -0.0219. The van der Waals surface area contributed by atoms with Crippen molar-refractivity contribution >= 4 is 6.03 Å². The number of amides is 2. The van der Waals surface area contributed by atoms with E-state index in [2.05, 4.69) is 20.4 Å². The van der Waals surface area contributed by atoms with Gasteiger partial charge in [0.2, 0.25) is 5.89 Å². The molecule has 8 heteroatoms. The van der Waals surface area contributed by atoms with Crippen molar-refractivity contribution in [3.8, 4) is 0 Å². The lowest BCUT2D eigenvalue weighted by Crippen LogP contribution is -2.44. The molecular formula is C21H29N5O3. The number of likely N-dealkylation sites (tertiary alicyclic amines) is 1. The topological polar surface area (TPSA) is 93.4 Å². The minimum absolute atomic E-state index is 0.0219. The number of rotatable bonds is 5. The van der Waals surface area contributed by atoms with Gasteiger partial charge >= 0.3 is 6.03 Å². The lowest BCUT2D eigenvalue weighted by Gasteiger charge is -2.31. The first kappa shape index (κ1) is 19.8. The third kappa shape index (κ3) is 5.32. The Morgan fingerprint density at radius 1 is 1.24 bits per heavy atom. The molecular weight excluding hydrogens is 370 g/mol. The molecule has 2 aromatic heterocycles. The van der Waals surface area contributed by atoms with Crippen LogP contribution in [0.15, 0.2) is 22.9 Å². The number of hydrogen-bond donors (Lipinski definition) is 1. The van der Waals surface area contributed by atoms with Crippen LogP contribution in [0, 0.1) is 12.8 Å². The number of hydrogen-bond acceptors (Lipinski definition) is 6. The summed E-state index contributed by atoms with van der Waals surface area (Å²) in [6.07, 6.45) is 6.39. The molecule has 0 saturated carbocycles. The van der Waals surface area contributed by atoms with Crippen molar-refractivity contribution < 1.29 is 14.1 Å². The number of nitrogens with zero attached hydrogens (tertiary/aromatic N) is 4. The molecule has 2 saturated heterocycles. The van der Waals surface area contributed by atoms with E-state index >= 15 is 0 Å². The Hall–Kier alpha value is -2.48. The normalized spacial score (nSPS) is 18.7. The molecule has 4 rings (SSSR count). The predicted molar refractivity (Wildman–Crippen MR) is 106 cm³/mol. The third-order valence-electron chi connectivity index (χ3n) is 5.83. The zero-order chi connectivity index (χ0) is 20.1. The van der Waals surface area contributed by atoms with E-state index in [-0.39, 0.29) is 6.03 Å². The van der Waals surface area contributed by atoms with Gasteiger partial charge in [-0.1, -0.05) is 5.16 Å². The molecule has 1 N–H and O–H groups in total. The smallest absolute Gasteiger partial charge is 0.317 e. The van der Waals surface area contributed by atoms with Gasteiger partial charge in [0.05, 0.1) is 12.2 Å². The van der Waals surface area contributed by atoms with Crippen LogP contribution in [-0.2, 0) is 17.7 Å². The highest BCUT2D eigenvalue weighted by molar-refractivity contribution is 5.74. The number of urea groups is 1. The quantitative estimate of drug-likeness (QED) is 0.831. The summed E-state index contributed by atoms with van der Waals surface area (Å²) in [5.41, 5.74) is 2.02. The number of aryl methyl sites for hydroxylation is 1. The van der Waals surface area contributed by atoms with Crippen LogP contribution in [0.2, 0.25) is 0 Å². The molecule has 4 heterocycles. The number of carbonyl (C=O) groups excluding carboxylic acids is 1. The second-order valence-corrected chi connectivity index (χ2v) is 8.05. The number of nitrogens with one attached hydrogen (secondary N) is 1. The van der Waals surface area contributed by atoms with E-state index in [0.29, 0.717) is 18.4 Å². The van der Waals surface area contributed by atoms with Gasteiger partial charge in [0.1, 0.15) is 0 Å². The zero-order valence-corrected chi connectivity index (χ0v) is 17.0. The first-order valence-electron chi connectivity index (χ1n) is 10.5. The second kappa shape index (κ2) is 9.35. The van der Waals surface area contributed by atoms with Gasteiger partial charge in [0.25, 0.3) is 0 Å². The van der Waals surface area contributed by atoms with E-state index in [1.165, 1.54) is 0 Å². The van der Waals surface area contributed by atoms with Gasteiger partial charge in [-0.3, -0.25) is 4.98 Å². The van der Waals surface area contributed by atoms with Gasteiger partial charge in [-0.05, 0) is 56.2 Å². The molecule has 2 aliphatic rings. The van der Waals surface area contributed by atoms with Crippen LogP contribution in [0.5, 0.6) is 0 Å². The van der Waals surface area contributed by atoms with E-state index in [0.717, 1.165) is 81.4 Å². The maximum atomic E-state index is 12.4. The second-order valence-electron chi connectivity index (χ2n) is 8.05. The van der Waals surface area contributed by atoms with Crippen molar-refractivity contribution in [2.24, 2.45) is 5.92 Å². The van der Waals surface area contributed by atoms with E-state index < -0.39 is 0 Å². The first-order valence-corrected chi connectivity index (χ1v) is 10.5. The van der Waals surface area contributed by atoms with Crippen LogP contribution in [0.1, 0.15) is 54.6 Å². The van der Waals surface area contributed by atoms with Gasteiger partial charge in [-0.25, -0.2) is 4.79 Å². The Balaban J connectivity index is 1.21. The lowest BCUT2D eigenvalue weighted by molar-refractivity contribution is 0.0830. The molecule has 2 aliphatic heterocycles. The summed E-state index contributed by atoms with van der Waals surface area (Å²) in [7, 11) is 0. The van der Waals surface area contributed by atoms with Gasteiger partial charge in [0, 0.05) is 44.8 Å². The molecule has 0 bridgehead atoms. The molecule has 0 aliphatic carbocycles. The molecule has 0 unspecified atom stereocenters. The van der Waals surface area contributed by atoms with Crippen LogP contribution in [-0.4, -0.2) is 52.4 Å². The monoisotopic (exact) mass is 399 g/mol. The SMILES string of the molecule is Cc1ccnc(CNC(=O)N2CCC(Cc3nc(C4CCOCC4)no3)CC2)c1. The number of carbonyl (C=O) groups is 1. The van der Waals surface area contributed by atoms with Crippen molar-refractivity contribution in [2.45, 2.75) is 51.5 Å². The summed E-state index contributed by atoms with van der Waals surface area (Å²) in [4.78, 5) is 23.2. The maximum Gasteiger partial charge on any atom is 0.317 e. The largest absolute Gasteiger partial charge is 0.381 e. The van der Waals surface area contributed by atoms with Crippen LogP contribution < -0.4 is 5.32 Å². The third-order valence-corrected chi connectivity index (χ3v) is 5.83. The Labute approximate surface area is 171 Å². The van der Waals surface area contributed by atoms with Gasteiger partial charge in [0.15, 0.2) is 5.82 Å². The summed E-state index contributed by atoms with van der Waals surface area (Å²) in [5, 5.41) is 7.16. The summed E-state index contributed by atoms with van der Waals surface area (Å²) in [5.74, 6) is 2.37. The van der Waals surface area contributed by atoms with E-state index in [1.807, 2.05) is 24.0 Å². The summed E-state index contributed by atoms with van der Waals surface area (Å²) in [6, 6.07) is 3.92. The Morgan fingerprint density at radius 2 is 2.03 bits per heavy atom. The standard InChI is InChI=1S/C21H29N5O3/c1-15-2-7-22-18(12-15)14-23-21(27)26-8-3-16(4-9-26)13-19-24-20(25-29-19)17-5-10-28-11-6-17/h2,7,12,16-17H,3-6,8-11,13-14H2,1H3,(H,23,27). The number of piperidine rings is 1. The highest BCUT2D eigenvalue weighted by Crippen LogP contribution is 2.26. The lowest BCUT2D eigenvalue weighted by atomic mass is 9.93. The Kier molecular flexibility index (Phi) is 6.39. The van der Waals surface area contributed by atoms with Gasteiger partial charge in [-0.2, -0.15) is 4.98 Å². The van der Waals surface area contributed by atoms with Crippen LogP contribution in [0.4, 0.5) is 4.79 Å². The van der Waals surface area contributed by atoms with Crippen molar-refractivity contribution in [2.75, 3.05) is 26.3 Å². The van der Waals surface area contributed by atoms with Crippen molar-refractivity contribution in [1.29, 1.82) is 0 Å². The molecule has 8 nitrogen and oxygen atoms in total. The highest BCUT2D eigenvalue weighted by Gasteiger charge is 2.26. The van der Waals surface area contributed by atoms with E-state index in [1.54, 1.807) is 6.20 Å². The summed E-state index contributed by atoms with van der Waals surface area (Å²) >= 11 is 0. The van der Waals surface area contributed by atoms with Crippen molar-refractivity contribution in [3.63, 3.8) is 0 Å². The van der Waals surface area contributed by atoms with Gasteiger partial charge < -0.3 is 19.5 Å². The fourth-order valence-electron chi connectivity index (χ4n) is 4.03. The zero-order valence-electron chi connectivity index (χ0n) is 17.0. The average Bonchev–Trinajstić information content (AvgIpc) is 3.22. The number of ether oxygens (including phenoxy) is 1.